The fourth-order valence-electron chi connectivity index (χ4n) is 1.26. The van der Waals surface area contributed by atoms with Gasteiger partial charge in [0.1, 0.15) is 0 Å². The number of hydrogen-bond donors (Lipinski definition) is 1. The Morgan fingerprint density at radius 3 is 2.18 bits per heavy atom. The second kappa shape index (κ2) is 4.29. The van der Waals surface area contributed by atoms with Gasteiger partial charge in [-0.2, -0.15) is 17.6 Å². The van der Waals surface area contributed by atoms with E-state index < -0.39 is 22.3 Å². The first-order valence-electron chi connectivity index (χ1n) is 4.36. The van der Waals surface area contributed by atoms with Crippen molar-refractivity contribution >= 4 is 21.9 Å². The van der Waals surface area contributed by atoms with Crippen LogP contribution in [0.1, 0.15) is 21.5 Å². The van der Waals surface area contributed by atoms with E-state index in [2.05, 4.69) is 0 Å². The Balaban J connectivity index is 3.28. The van der Waals surface area contributed by atoms with E-state index in [0.717, 1.165) is 12.1 Å². The van der Waals surface area contributed by atoms with E-state index in [4.69, 9.17) is 5.11 Å². The standard InChI is InChI=1S/C10H7BrF4O2/c1-5-4-6(2-3-7(5)8(16)17)9(12,13)10(11,14)15/h2-4H,1H3,(H,16,17). The molecule has 0 bridgehead atoms. The molecule has 17 heavy (non-hydrogen) atoms. The molecule has 0 radical (unpaired) electrons. The molecule has 0 spiro atoms. The molecule has 0 fully saturated rings. The number of carbonyl (C=O) groups is 1. The molecule has 1 rings (SSSR count). The molecule has 1 aromatic rings. The average Bonchev–Trinajstić information content (AvgIpc) is 2.14. The van der Waals surface area contributed by atoms with Crippen LogP contribution in [0.15, 0.2) is 18.2 Å². The maximum absolute atomic E-state index is 13.2. The molecule has 0 atom stereocenters. The average molecular weight is 315 g/mol. The van der Waals surface area contributed by atoms with Crippen LogP contribution in [0.5, 0.6) is 0 Å². The van der Waals surface area contributed by atoms with Crippen molar-refractivity contribution in [1.82, 2.24) is 0 Å². The topological polar surface area (TPSA) is 37.3 Å². The highest BCUT2D eigenvalue weighted by Crippen LogP contribution is 2.47. The number of aryl methyl sites for hydroxylation is 1. The molecule has 0 aliphatic heterocycles. The van der Waals surface area contributed by atoms with Crippen molar-refractivity contribution < 1.29 is 27.5 Å². The predicted octanol–water partition coefficient (Wildman–Crippen LogP) is 3.77. The summed E-state index contributed by atoms with van der Waals surface area (Å²) in [6.07, 6.45) is 0. The lowest BCUT2D eigenvalue weighted by atomic mass is 10.0. The molecule has 0 aliphatic carbocycles. The fourth-order valence-corrected chi connectivity index (χ4v) is 1.49. The summed E-state index contributed by atoms with van der Waals surface area (Å²) >= 11 is 1.61. The van der Waals surface area contributed by atoms with Crippen molar-refractivity contribution in [2.75, 3.05) is 0 Å². The molecule has 1 N–H and O–H groups in total. The second-order valence-corrected chi connectivity index (χ2v) is 4.40. The van der Waals surface area contributed by atoms with Crippen LogP contribution in [0.2, 0.25) is 0 Å². The molecule has 0 saturated heterocycles. The van der Waals surface area contributed by atoms with Gasteiger partial charge >= 0.3 is 16.7 Å². The van der Waals surface area contributed by atoms with Gasteiger partial charge in [-0.1, -0.05) is 6.07 Å². The maximum atomic E-state index is 13.2. The van der Waals surface area contributed by atoms with Crippen LogP contribution < -0.4 is 0 Å². The molecule has 0 unspecified atom stereocenters. The Labute approximate surface area is 102 Å². The molecule has 94 valence electrons. The molecule has 2 nitrogen and oxygen atoms in total. The normalized spacial score (nSPS) is 12.6. The van der Waals surface area contributed by atoms with Gasteiger partial charge in [-0.05, 0) is 40.5 Å². The van der Waals surface area contributed by atoms with Gasteiger partial charge in [0.2, 0.25) is 0 Å². The highest BCUT2D eigenvalue weighted by molar-refractivity contribution is 9.10. The molecule has 0 amide bonds. The summed E-state index contributed by atoms with van der Waals surface area (Å²) in [7, 11) is 0. The third-order valence-corrected chi connectivity index (χ3v) is 2.67. The Morgan fingerprint density at radius 2 is 1.82 bits per heavy atom. The van der Waals surface area contributed by atoms with Gasteiger partial charge in [0.15, 0.2) is 0 Å². The largest absolute Gasteiger partial charge is 0.478 e. The lowest BCUT2D eigenvalue weighted by Gasteiger charge is -2.22. The Bertz CT molecular complexity index is 454. The number of rotatable bonds is 3. The number of carboxylic acid groups (broad SMARTS) is 1. The summed E-state index contributed by atoms with van der Waals surface area (Å²) in [6, 6.07) is 2.28. The first-order valence-corrected chi connectivity index (χ1v) is 5.15. The number of carboxylic acids is 1. The third kappa shape index (κ3) is 2.59. The minimum Gasteiger partial charge on any atom is -0.478 e. The summed E-state index contributed by atoms with van der Waals surface area (Å²) < 4.78 is 51.7. The van der Waals surface area contributed by atoms with Crippen molar-refractivity contribution in [2.45, 2.75) is 17.7 Å². The minimum absolute atomic E-state index is 0.00794. The fraction of sp³-hybridized carbons (Fsp3) is 0.300. The van der Waals surface area contributed by atoms with Gasteiger partial charge in [0.25, 0.3) is 0 Å². The van der Waals surface area contributed by atoms with Crippen LogP contribution in [0.4, 0.5) is 17.6 Å². The van der Waals surface area contributed by atoms with E-state index in [1.165, 1.54) is 6.92 Å². The monoisotopic (exact) mass is 314 g/mol. The SMILES string of the molecule is Cc1cc(C(F)(F)C(F)(F)Br)ccc1C(=O)O. The molecule has 0 aliphatic rings. The highest BCUT2D eigenvalue weighted by atomic mass is 79.9. The number of alkyl halides is 5. The predicted molar refractivity (Wildman–Crippen MR) is 55.9 cm³/mol. The summed E-state index contributed by atoms with van der Waals surface area (Å²) in [5.41, 5.74) is -1.16. The smallest absolute Gasteiger partial charge is 0.367 e. The van der Waals surface area contributed by atoms with Crippen molar-refractivity contribution in [3.8, 4) is 0 Å². The van der Waals surface area contributed by atoms with Crippen LogP contribution >= 0.6 is 15.9 Å². The zero-order valence-corrected chi connectivity index (χ0v) is 10.1. The zero-order chi connectivity index (χ0) is 13.4. The van der Waals surface area contributed by atoms with Gasteiger partial charge < -0.3 is 5.11 Å². The second-order valence-electron chi connectivity index (χ2n) is 3.41. The molecule has 0 aromatic heterocycles. The number of halogens is 5. The van der Waals surface area contributed by atoms with E-state index >= 15 is 0 Å². The molecule has 0 heterocycles. The lowest BCUT2D eigenvalue weighted by Crippen LogP contribution is -2.32. The van der Waals surface area contributed by atoms with Crippen LogP contribution in [-0.2, 0) is 5.92 Å². The minimum atomic E-state index is -4.41. The van der Waals surface area contributed by atoms with Crippen LogP contribution in [0.25, 0.3) is 0 Å². The maximum Gasteiger partial charge on any atom is 0.367 e. The third-order valence-electron chi connectivity index (χ3n) is 2.18. The van der Waals surface area contributed by atoms with Crippen molar-refractivity contribution in [3.05, 3.63) is 34.9 Å². The Kier molecular flexibility index (Phi) is 3.52. The lowest BCUT2D eigenvalue weighted by molar-refractivity contribution is -0.154. The molecule has 1 aromatic carbocycles. The molecular weight excluding hydrogens is 308 g/mol. The quantitative estimate of drug-likeness (QED) is 0.681. The summed E-state index contributed by atoms with van der Waals surface area (Å²) in [5.74, 6) is -5.71. The van der Waals surface area contributed by atoms with Gasteiger partial charge in [-0.25, -0.2) is 4.79 Å². The summed E-state index contributed by atoms with van der Waals surface area (Å²) in [6.45, 7) is 1.26. The van der Waals surface area contributed by atoms with Gasteiger partial charge in [-0.15, -0.1) is 0 Å². The van der Waals surface area contributed by atoms with Gasteiger partial charge in [0.05, 0.1) is 5.56 Å². The number of hydrogen-bond acceptors (Lipinski definition) is 1. The Hall–Kier alpha value is -1.11. The highest BCUT2D eigenvalue weighted by Gasteiger charge is 2.55. The van der Waals surface area contributed by atoms with E-state index in [1.807, 2.05) is 0 Å². The Morgan fingerprint density at radius 1 is 1.29 bits per heavy atom. The van der Waals surface area contributed by atoms with Crippen LogP contribution in [-0.4, -0.2) is 15.9 Å². The summed E-state index contributed by atoms with van der Waals surface area (Å²) in [4.78, 5) is 6.24. The first kappa shape index (κ1) is 14.0. The van der Waals surface area contributed by atoms with Crippen LogP contribution in [0.3, 0.4) is 0 Å². The molecule has 7 heteroatoms. The van der Waals surface area contributed by atoms with Crippen molar-refractivity contribution in [1.29, 1.82) is 0 Å². The van der Waals surface area contributed by atoms with Gasteiger partial charge in [0, 0.05) is 5.56 Å². The van der Waals surface area contributed by atoms with E-state index in [-0.39, 0.29) is 11.1 Å². The number of benzene rings is 1. The van der Waals surface area contributed by atoms with Gasteiger partial charge in [-0.3, -0.25) is 0 Å². The van der Waals surface area contributed by atoms with Crippen molar-refractivity contribution in [3.63, 3.8) is 0 Å². The molecule has 0 saturated carbocycles. The zero-order valence-electron chi connectivity index (χ0n) is 8.48. The molecular formula is C10H7BrF4O2. The number of aromatic carboxylic acids is 1. The first-order chi connectivity index (χ1) is 7.57. The van der Waals surface area contributed by atoms with E-state index in [9.17, 15) is 22.4 Å². The van der Waals surface area contributed by atoms with E-state index in [0.29, 0.717) is 6.07 Å². The van der Waals surface area contributed by atoms with Crippen LogP contribution in [0, 0.1) is 6.92 Å². The van der Waals surface area contributed by atoms with Crippen molar-refractivity contribution in [2.24, 2.45) is 0 Å². The van der Waals surface area contributed by atoms with E-state index in [1.54, 1.807) is 15.9 Å². The summed E-state index contributed by atoms with van der Waals surface area (Å²) in [5, 5.41) is 8.67.